The fraction of sp³-hybridized carbons (Fsp3) is 0.667. The van der Waals surface area contributed by atoms with Crippen molar-refractivity contribution < 1.29 is 15.0 Å². The summed E-state index contributed by atoms with van der Waals surface area (Å²) in [7, 11) is 0. The Morgan fingerprint density at radius 3 is 2.41 bits per heavy atom. The van der Waals surface area contributed by atoms with Crippen LogP contribution in [0.5, 0.6) is 0 Å². The van der Waals surface area contributed by atoms with Crippen molar-refractivity contribution in [2.24, 2.45) is 5.92 Å². The van der Waals surface area contributed by atoms with Crippen LogP contribution < -0.4 is 0 Å². The van der Waals surface area contributed by atoms with Crippen molar-refractivity contribution >= 4 is 5.91 Å². The first kappa shape index (κ1) is 21.9. The molecule has 3 atom stereocenters. The van der Waals surface area contributed by atoms with Crippen molar-refractivity contribution in [1.82, 2.24) is 9.80 Å². The van der Waals surface area contributed by atoms with Crippen LogP contribution in [0.25, 0.3) is 0 Å². The van der Waals surface area contributed by atoms with Crippen LogP contribution in [0.4, 0.5) is 0 Å². The molecule has 4 fully saturated rings. The molecule has 4 aliphatic rings. The summed E-state index contributed by atoms with van der Waals surface area (Å²) in [5, 5.41) is 20.6. The SMILES string of the molecule is O=C(C1CCC1)N1CCCCN2[C@H](CO)[C@@H](c3ccc(C#CC4(O)CCCC4)cc3)[C@H]2C1. The van der Waals surface area contributed by atoms with Gasteiger partial charge in [0.25, 0.3) is 0 Å². The van der Waals surface area contributed by atoms with Crippen LogP contribution in [0.2, 0.25) is 0 Å². The molecule has 0 spiro atoms. The molecule has 2 aliphatic carbocycles. The number of hydrogen-bond donors (Lipinski definition) is 2. The molecule has 2 saturated carbocycles. The van der Waals surface area contributed by atoms with Crippen LogP contribution in [0.15, 0.2) is 24.3 Å². The van der Waals surface area contributed by atoms with Gasteiger partial charge in [-0.3, -0.25) is 9.69 Å². The fourth-order valence-electron chi connectivity index (χ4n) is 6.12. The smallest absolute Gasteiger partial charge is 0.225 e. The number of fused-ring (bicyclic) bond motifs is 1. The van der Waals surface area contributed by atoms with Crippen molar-refractivity contribution in [3.63, 3.8) is 0 Å². The molecule has 32 heavy (non-hydrogen) atoms. The Kier molecular flexibility index (Phi) is 6.29. The lowest BCUT2D eigenvalue weighted by atomic mass is 9.74. The Hall–Kier alpha value is -1.87. The first-order valence-electron chi connectivity index (χ1n) is 12.6. The number of benzene rings is 1. The first-order chi connectivity index (χ1) is 15.6. The van der Waals surface area contributed by atoms with E-state index in [0.717, 1.165) is 76.6 Å². The van der Waals surface area contributed by atoms with E-state index < -0.39 is 5.60 Å². The van der Waals surface area contributed by atoms with Gasteiger partial charge in [0.1, 0.15) is 5.60 Å². The molecule has 5 heteroatoms. The average Bonchev–Trinajstić information content (AvgIpc) is 3.17. The normalized spacial score (nSPS) is 30.2. The Morgan fingerprint density at radius 1 is 1.03 bits per heavy atom. The maximum absolute atomic E-state index is 13.0. The maximum Gasteiger partial charge on any atom is 0.225 e. The minimum atomic E-state index is -0.815. The van der Waals surface area contributed by atoms with E-state index in [4.69, 9.17) is 0 Å². The predicted molar refractivity (Wildman–Crippen MR) is 124 cm³/mol. The Balaban J connectivity index is 1.32. The topological polar surface area (TPSA) is 64.0 Å². The van der Waals surface area contributed by atoms with E-state index in [0.29, 0.717) is 5.91 Å². The number of hydrogen-bond acceptors (Lipinski definition) is 4. The lowest BCUT2D eigenvalue weighted by Gasteiger charge is -2.57. The van der Waals surface area contributed by atoms with Crippen LogP contribution >= 0.6 is 0 Å². The van der Waals surface area contributed by atoms with Gasteiger partial charge < -0.3 is 15.1 Å². The fourth-order valence-corrected chi connectivity index (χ4v) is 6.12. The molecule has 1 amide bonds. The number of carbonyl (C=O) groups excluding carboxylic acids is 1. The highest BCUT2D eigenvalue weighted by Crippen LogP contribution is 2.42. The summed E-state index contributed by atoms with van der Waals surface area (Å²) < 4.78 is 0. The van der Waals surface area contributed by atoms with Gasteiger partial charge in [-0.2, -0.15) is 0 Å². The molecule has 2 N–H and O–H groups in total. The van der Waals surface area contributed by atoms with Crippen molar-refractivity contribution in [2.45, 2.75) is 81.4 Å². The van der Waals surface area contributed by atoms with E-state index in [2.05, 4.69) is 33.8 Å². The first-order valence-corrected chi connectivity index (χ1v) is 12.6. The molecule has 0 unspecified atom stereocenters. The van der Waals surface area contributed by atoms with Crippen LogP contribution in [0.3, 0.4) is 0 Å². The highest BCUT2D eigenvalue weighted by Gasteiger charge is 2.49. The van der Waals surface area contributed by atoms with Crippen molar-refractivity contribution in [3.05, 3.63) is 35.4 Å². The second-order valence-corrected chi connectivity index (χ2v) is 10.3. The van der Waals surface area contributed by atoms with Crippen molar-refractivity contribution in [1.29, 1.82) is 0 Å². The largest absolute Gasteiger partial charge is 0.395 e. The van der Waals surface area contributed by atoms with E-state index in [1.165, 1.54) is 12.0 Å². The van der Waals surface area contributed by atoms with Crippen molar-refractivity contribution in [2.75, 3.05) is 26.2 Å². The van der Waals surface area contributed by atoms with Gasteiger partial charge in [-0.05, 0) is 75.6 Å². The Labute approximate surface area is 191 Å². The third kappa shape index (κ3) is 4.21. The molecule has 0 aromatic heterocycles. The molecule has 2 aliphatic heterocycles. The minimum absolute atomic E-state index is 0.120. The van der Waals surface area contributed by atoms with Crippen LogP contribution in [0.1, 0.15) is 74.8 Å². The summed E-state index contributed by atoms with van der Waals surface area (Å²) in [6.07, 6.45) is 9.03. The molecule has 5 rings (SSSR count). The van der Waals surface area contributed by atoms with Crippen LogP contribution in [-0.4, -0.2) is 69.8 Å². The number of rotatable bonds is 3. The predicted octanol–water partition coefficient (Wildman–Crippen LogP) is 2.89. The van der Waals surface area contributed by atoms with Gasteiger partial charge in [-0.15, -0.1) is 0 Å². The zero-order valence-electron chi connectivity index (χ0n) is 19.0. The van der Waals surface area contributed by atoms with Gasteiger partial charge in [-0.1, -0.05) is 30.4 Å². The van der Waals surface area contributed by atoms with E-state index >= 15 is 0 Å². The van der Waals surface area contributed by atoms with Gasteiger partial charge in [-0.25, -0.2) is 0 Å². The molecule has 0 radical (unpaired) electrons. The summed E-state index contributed by atoms with van der Waals surface area (Å²) in [5.74, 6) is 7.07. The maximum atomic E-state index is 13.0. The molecule has 0 bridgehead atoms. The molecule has 1 aromatic carbocycles. The molecule has 172 valence electrons. The van der Waals surface area contributed by atoms with Gasteiger partial charge >= 0.3 is 0 Å². The number of aliphatic hydroxyl groups excluding tert-OH is 1. The Bertz CT molecular complexity index is 876. The average molecular weight is 437 g/mol. The number of aliphatic hydroxyl groups is 2. The summed E-state index contributed by atoms with van der Waals surface area (Å²) in [6, 6.07) is 8.73. The Morgan fingerprint density at radius 2 is 1.75 bits per heavy atom. The molecule has 1 aromatic rings. The summed E-state index contributed by atoms with van der Waals surface area (Å²) in [4.78, 5) is 17.5. The van der Waals surface area contributed by atoms with Gasteiger partial charge in [0.2, 0.25) is 5.91 Å². The third-order valence-corrected chi connectivity index (χ3v) is 8.30. The second-order valence-electron chi connectivity index (χ2n) is 10.3. The molecular formula is C27H36N2O3. The van der Waals surface area contributed by atoms with Gasteiger partial charge in [0, 0.05) is 42.6 Å². The van der Waals surface area contributed by atoms with Gasteiger partial charge in [0.15, 0.2) is 0 Å². The molecule has 2 saturated heterocycles. The van der Waals surface area contributed by atoms with Crippen molar-refractivity contribution in [3.8, 4) is 11.8 Å². The summed E-state index contributed by atoms with van der Waals surface area (Å²) in [5.41, 5.74) is 1.32. The van der Waals surface area contributed by atoms with E-state index in [9.17, 15) is 15.0 Å². The molecule has 2 heterocycles. The van der Waals surface area contributed by atoms with E-state index in [-0.39, 0.29) is 30.5 Å². The quantitative estimate of drug-likeness (QED) is 0.716. The minimum Gasteiger partial charge on any atom is -0.395 e. The summed E-state index contributed by atoms with van der Waals surface area (Å²) in [6.45, 7) is 2.78. The zero-order chi connectivity index (χ0) is 22.1. The van der Waals surface area contributed by atoms with Crippen LogP contribution in [-0.2, 0) is 4.79 Å². The third-order valence-electron chi connectivity index (χ3n) is 8.30. The second kappa shape index (κ2) is 9.17. The lowest BCUT2D eigenvalue weighted by molar-refractivity contribution is -0.143. The standard InChI is InChI=1S/C27H36N2O3/c30-19-24-25(21-10-8-20(9-11-21)12-15-27(32)13-1-2-14-27)23-18-28(16-3-4-17-29(23)24)26(31)22-6-5-7-22/h8-11,22-25,30,32H,1-7,13-14,16-19H2/t23-,24-,25+/m1/s1. The van der Waals surface area contributed by atoms with E-state index in [1.54, 1.807) is 0 Å². The number of amides is 1. The number of carbonyl (C=O) groups is 1. The zero-order valence-corrected chi connectivity index (χ0v) is 19.0. The highest BCUT2D eigenvalue weighted by molar-refractivity contribution is 5.79. The number of nitrogens with zero attached hydrogens (tertiary/aromatic N) is 2. The van der Waals surface area contributed by atoms with E-state index in [1.807, 2.05) is 12.1 Å². The van der Waals surface area contributed by atoms with Gasteiger partial charge in [0.05, 0.1) is 6.61 Å². The highest BCUT2D eigenvalue weighted by atomic mass is 16.3. The molecular weight excluding hydrogens is 400 g/mol. The lowest BCUT2D eigenvalue weighted by Crippen LogP contribution is -2.68. The molecule has 5 nitrogen and oxygen atoms in total. The monoisotopic (exact) mass is 436 g/mol. The summed E-state index contributed by atoms with van der Waals surface area (Å²) >= 11 is 0. The van der Waals surface area contributed by atoms with Crippen LogP contribution in [0, 0.1) is 17.8 Å².